The van der Waals surface area contributed by atoms with Crippen LogP contribution in [0.4, 0.5) is 5.69 Å². The van der Waals surface area contributed by atoms with Crippen LogP contribution in [0.2, 0.25) is 0 Å². The maximum atomic E-state index is 12.0. The zero-order valence-corrected chi connectivity index (χ0v) is 15.0. The molecule has 0 saturated carbocycles. The fourth-order valence-electron chi connectivity index (χ4n) is 2.49. The van der Waals surface area contributed by atoms with Crippen LogP contribution >= 0.6 is 0 Å². The number of nitro groups is 1. The van der Waals surface area contributed by atoms with Gasteiger partial charge >= 0.3 is 0 Å². The van der Waals surface area contributed by atoms with Gasteiger partial charge in [0.1, 0.15) is 0 Å². The molecule has 0 fully saturated rings. The zero-order chi connectivity index (χ0) is 20.1. The molecule has 0 spiro atoms. The number of non-ortho nitro benzene ring substituents is 1. The smallest absolute Gasteiger partial charge is 0.269 e. The number of carbonyl (C=O) groups excluding carboxylic acids is 1. The summed E-state index contributed by atoms with van der Waals surface area (Å²) in [5.74, 6) is 0.000112. The number of carbonyl (C=O) groups is 1. The third-order valence-electron chi connectivity index (χ3n) is 4.06. The monoisotopic (exact) mass is 381 g/mol. The third kappa shape index (κ3) is 4.70. The summed E-state index contributed by atoms with van der Waals surface area (Å²) in [5.41, 5.74) is 1.87. The Balaban J connectivity index is 1.53. The van der Waals surface area contributed by atoms with Gasteiger partial charge in [-0.05, 0) is 24.6 Å². The van der Waals surface area contributed by atoms with E-state index in [4.69, 9.17) is 4.42 Å². The summed E-state index contributed by atoms with van der Waals surface area (Å²) >= 11 is 0. The highest BCUT2D eigenvalue weighted by Crippen LogP contribution is 2.21. The van der Waals surface area contributed by atoms with Crippen LogP contribution in [0.3, 0.4) is 0 Å². The fourth-order valence-corrected chi connectivity index (χ4v) is 2.49. The minimum Gasteiger partial charge on any atom is -0.872 e. The van der Waals surface area contributed by atoms with Crippen LogP contribution in [0.15, 0.2) is 46.9 Å². The van der Waals surface area contributed by atoms with Crippen molar-refractivity contribution in [1.82, 2.24) is 15.5 Å². The SMILES string of the molecule is Cc1ccc(-c2nnc(CCC(=O)NCc3cc([N+](=O)[O-])ccc3[O-])o2)cc1. The average Bonchev–Trinajstić information content (AvgIpc) is 3.15. The van der Waals surface area contributed by atoms with Crippen LogP contribution in [0.25, 0.3) is 11.5 Å². The predicted octanol–water partition coefficient (Wildman–Crippen LogP) is 2.28. The maximum absolute atomic E-state index is 12.0. The Labute approximate surface area is 160 Å². The number of benzene rings is 2. The molecule has 9 heteroatoms. The van der Waals surface area contributed by atoms with E-state index in [9.17, 15) is 20.0 Å². The first-order valence-electron chi connectivity index (χ1n) is 8.53. The van der Waals surface area contributed by atoms with Gasteiger partial charge in [-0.3, -0.25) is 14.9 Å². The van der Waals surface area contributed by atoms with E-state index in [1.54, 1.807) is 0 Å². The number of hydrogen-bond donors (Lipinski definition) is 1. The molecule has 144 valence electrons. The molecule has 28 heavy (non-hydrogen) atoms. The number of aryl methyl sites for hydroxylation is 2. The Hall–Kier alpha value is -3.75. The number of nitro benzene ring substituents is 1. The molecule has 0 aliphatic heterocycles. The average molecular weight is 381 g/mol. The summed E-state index contributed by atoms with van der Waals surface area (Å²) in [6, 6.07) is 11.0. The fraction of sp³-hybridized carbons (Fsp3) is 0.211. The summed E-state index contributed by atoms with van der Waals surface area (Å²) in [5, 5.41) is 33.0. The first kappa shape index (κ1) is 19.0. The van der Waals surface area contributed by atoms with E-state index in [-0.39, 0.29) is 42.3 Å². The van der Waals surface area contributed by atoms with Gasteiger partial charge in [0, 0.05) is 37.1 Å². The second-order valence-electron chi connectivity index (χ2n) is 6.19. The van der Waals surface area contributed by atoms with Crippen molar-refractivity contribution >= 4 is 11.6 Å². The molecular formula is C19H17N4O5-. The molecule has 1 N–H and O–H groups in total. The summed E-state index contributed by atoms with van der Waals surface area (Å²) < 4.78 is 5.56. The number of amides is 1. The second kappa shape index (κ2) is 8.30. The molecule has 0 aliphatic carbocycles. The lowest BCUT2D eigenvalue weighted by Crippen LogP contribution is -2.23. The van der Waals surface area contributed by atoms with Gasteiger partial charge in [0.2, 0.25) is 17.7 Å². The Kier molecular flexibility index (Phi) is 5.64. The van der Waals surface area contributed by atoms with Crippen LogP contribution in [-0.2, 0) is 17.8 Å². The van der Waals surface area contributed by atoms with Gasteiger partial charge in [-0.2, -0.15) is 0 Å². The van der Waals surface area contributed by atoms with Crippen molar-refractivity contribution in [2.24, 2.45) is 0 Å². The molecule has 1 heterocycles. The highest BCUT2D eigenvalue weighted by molar-refractivity contribution is 5.76. The van der Waals surface area contributed by atoms with Crippen LogP contribution in [0.5, 0.6) is 5.75 Å². The second-order valence-corrected chi connectivity index (χ2v) is 6.19. The highest BCUT2D eigenvalue weighted by atomic mass is 16.6. The molecule has 1 amide bonds. The molecule has 3 rings (SSSR count). The molecule has 2 aromatic carbocycles. The lowest BCUT2D eigenvalue weighted by atomic mass is 10.1. The molecule has 0 radical (unpaired) electrons. The largest absolute Gasteiger partial charge is 0.872 e. The first-order valence-corrected chi connectivity index (χ1v) is 8.53. The molecule has 0 saturated heterocycles. The Bertz CT molecular complexity index is 998. The van der Waals surface area contributed by atoms with Crippen LogP contribution in [0.1, 0.15) is 23.4 Å². The van der Waals surface area contributed by atoms with Gasteiger partial charge in [0.05, 0.1) is 4.92 Å². The van der Waals surface area contributed by atoms with Crippen molar-refractivity contribution in [2.45, 2.75) is 26.3 Å². The number of hydrogen-bond acceptors (Lipinski definition) is 7. The first-order chi connectivity index (χ1) is 13.4. The van der Waals surface area contributed by atoms with E-state index in [1.807, 2.05) is 31.2 Å². The van der Waals surface area contributed by atoms with Crippen LogP contribution in [-0.4, -0.2) is 21.0 Å². The molecule has 1 aromatic heterocycles. The Morgan fingerprint density at radius 1 is 1.18 bits per heavy atom. The topological polar surface area (TPSA) is 134 Å². The van der Waals surface area contributed by atoms with Crippen molar-refractivity contribution in [3.8, 4) is 17.2 Å². The molecular weight excluding hydrogens is 364 g/mol. The number of rotatable bonds is 7. The van der Waals surface area contributed by atoms with E-state index >= 15 is 0 Å². The van der Waals surface area contributed by atoms with Gasteiger partial charge in [-0.25, -0.2) is 0 Å². The normalized spacial score (nSPS) is 10.6. The van der Waals surface area contributed by atoms with Gasteiger partial charge in [0.15, 0.2) is 0 Å². The summed E-state index contributed by atoms with van der Waals surface area (Å²) in [6.07, 6.45) is 0.322. The number of nitrogens with one attached hydrogen (secondary N) is 1. The lowest BCUT2D eigenvalue weighted by Gasteiger charge is -2.13. The van der Waals surface area contributed by atoms with Crippen molar-refractivity contribution < 1.29 is 19.2 Å². The molecule has 3 aromatic rings. The Morgan fingerprint density at radius 3 is 2.64 bits per heavy atom. The molecule has 0 aliphatic rings. The summed E-state index contributed by atoms with van der Waals surface area (Å²) in [6.45, 7) is 1.89. The van der Waals surface area contributed by atoms with E-state index in [0.717, 1.165) is 29.3 Å². The highest BCUT2D eigenvalue weighted by Gasteiger charge is 2.11. The minimum atomic E-state index is -0.591. The number of nitrogens with zero attached hydrogens (tertiary/aromatic N) is 3. The standard InChI is InChI=1S/C19H18N4O5/c1-12-2-4-13(5-3-12)19-22-21-18(28-19)9-8-17(25)20-11-14-10-15(23(26)27)6-7-16(14)24/h2-7,10,24H,8-9,11H2,1H3,(H,20,25)/p-1. The van der Waals surface area contributed by atoms with Crippen LogP contribution < -0.4 is 10.4 Å². The van der Waals surface area contributed by atoms with E-state index < -0.39 is 4.92 Å². The van der Waals surface area contributed by atoms with E-state index in [0.29, 0.717) is 11.8 Å². The molecule has 0 unspecified atom stereocenters. The van der Waals surface area contributed by atoms with E-state index in [2.05, 4.69) is 15.5 Å². The van der Waals surface area contributed by atoms with Crippen LogP contribution in [0, 0.1) is 17.0 Å². The van der Waals surface area contributed by atoms with Crippen molar-refractivity contribution in [3.63, 3.8) is 0 Å². The van der Waals surface area contributed by atoms with E-state index in [1.165, 1.54) is 0 Å². The van der Waals surface area contributed by atoms with Gasteiger partial charge in [-0.1, -0.05) is 23.8 Å². The van der Waals surface area contributed by atoms with Crippen molar-refractivity contribution in [2.75, 3.05) is 0 Å². The number of aromatic nitrogens is 2. The molecule has 0 bridgehead atoms. The predicted molar refractivity (Wildman–Crippen MR) is 97.2 cm³/mol. The Morgan fingerprint density at radius 2 is 1.93 bits per heavy atom. The molecule has 0 atom stereocenters. The summed E-state index contributed by atoms with van der Waals surface area (Å²) in [7, 11) is 0. The molecule has 9 nitrogen and oxygen atoms in total. The lowest BCUT2D eigenvalue weighted by molar-refractivity contribution is -0.385. The van der Waals surface area contributed by atoms with Gasteiger partial charge in [-0.15, -0.1) is 15.9 Å². The zero-order valence-electron chi connectivity index (χ0n) is 15.0. The summed E-state index contributed by atoms with van der Waals surface area (Å²) in [4.78, 5) is 22.2. The third-order valence-corrected chi connectivity index (χ3v) is 4.06. The van der Waals surface area contributed by atoms with Gasteiger partial charge < -0.3 is 14.8 Å². The van der Waals surface area contributed by atoms with Crippen molar-refractivity contribution in [1.29, 1.82) is 0 Å². The quantitative estimate of drug-likeness (QED) is 0.490. The maximum Gasteiger partial charge on any atom is 0.269 e. The van der Waals surface area contributed by atoms with Crippen molar-refractivity contribution in [3.05, 3.63) is 69.6 Å². The minimum absolute atomic E-state index is 0.0820. The van der Waals surface area contributed by atoms with Gasteiger partial charge in [0.25, 0.3) is 5.69 Å².